The van der Waals surface area contributed by atoms with Crippen LogP contribution in [0.4, 0.5) is 17.3 Å². The zero-order chi connectivity index (χ0) is 22.8. The fraction of sp³-hybridized carbons (Fsp3) is 0.400. The van der Waals surface area contributed by atoms with Gasteiger partial charge in [-0.3, -0.25) is 9.20 Å². The number of fused-ring (bicyclic) bond motifs is 1. The maximum Gasteiger partial charge on any atom is 0.245 e. The Morgan fingerprint density at radius 3 is 2.67 bits per heavy atom. The Hall–Kier alpha value is -3.39. The standard InChI is InChI=1S/C25H31N7O/c1-3-23(33)31-11-4-5-19(17-31)22-10-12-32-18-26-25(28-24(22)32)27-20-6-8-21(9-7-20)30-15-13-29(2)14-16-30/h3,6-10,12,18-19H,1,4-5,11,13-17H2,2H3,(H,27,28). The first kappa shape index (κ1) is 21.5. The molecule has 8 heteroatoms. The molecule has 1 unspecified atom stereocenters. The first-order valence-corrected chi connectivity index (χ1v) is 11.7. The van der Waals surface area contributed by atoms with Crippen molar-refractivity contribution in [2.75, 3.05) is 56.5 Å². The van der Waals surface area contributed by atoms with Crippen LogP contribution in [0.15, 0.2) is 55.5 Å². The lowest BCUT2D eigenvalue weighted by atomic mass is 9.92. The normalized spacial score (nSPS) is 19.6. The van der Waals surface area contributed by atoms with Gasteiger partial charge in [0.15, 0.2) is 0 Å². The minimum atomic E-state index is 0.000201. The minimum Gasteiger partial charge on any atom is -0.369 e. The molecular formula is C25H31N7O. The summed E-state index contributed by atoms with van der Waals surface area (Å²) in [5, 5.41) is 3.35. The second kappa shape index (κ2) is 9.23. The zero-order valence-corrected chi connectivity index (χ0v) is 19.2. The smallest absolute Gasteiger partial charge is 0.245 e. The molecule has 1 atom stereocenters. The number of nitrogens with one attached hydrogen (secondary N) is 1. The average molecular weight is 446 g/mol. The maximum absolute atomic E-state index is 12.1. The number of carbonyl (C=O) groups is 1. The van der Waals surface area contributed by atoms with Crippen molar-refractivity contribution >= 4 is 28.9 Å². The van der Waals surface area contributed by atoms with Crippen molar-refractivity contribution in [1.82, 2.24) is 24.2 Å². The molecule has 2 aliphatic heterocycles. The van der Waals surface area contributed by atoms with Gasteiger partial charge in [0.1, 0.15) is 12.0 Å². The average Bonchev–Trinajstić information content (AvgIpc) is 3.28. The summed E-state index contributed by atoms with van der Waals surface area (Å²) in [4.78, 5) is 28.1. The van der Waals surface area contributed by atoms with Crippen molar-refractivity contribution in [2.45, 2.75) is 18.8 Å². The molecule has 3 aromatic rings. The number of hydrogen-bond acceptors (Lipinski definition) is 6. The van der Waals surface area contributed by atoms with Gasteiger partial charge in [0, 0.05) is 68.3 Å². The van der Waals surface area contributed by atoms with Gasteiger partial charge in [-0.1, -0.05) is 6.58 Å². The molecule has 0 aliphatic carbocycles. The molecule has 8 nitrogen and oxygen atoms in total. The zero-order valence-electron chi connectivity index (χ0n) is 19.2. The van der Waals surface area contributed by atoms with E-state index in [1.807, 2.05) is 15.5 Å². The van der Waals surface area contributed by atoms with Gasteiger partial charge < -0.3 is 20.0 Å². The minimum absolute atomic E-state index is 0.000201. The number of piperazine rings is 1. The first-order valence-electron chi connectivity index (χ1n) is 11.7. The highest BCUT2D eigenvalue weighted by Gasteiger charge is 2.26. The molecule has 2 fully saturated rings. The Labute approximate surface area is 194 Å². The summed E-state index contributed by atoms with van der Waals surface area (Å²) < 4.78 is 1.95. The molecule has 2 aromatic heterocycles. The van der Waals surface area contributed by atoms with Crippen LogP contribution in [-0.4, -0.2) is 76.4 Å². The molecule has 4 heterocycles. The van der Waals surface area contributed by atoms with Crippen molar-refractivity contribution in [3.8, 4) is 0 Å². The van der Waals surface area contributed by atoms with Crippen molar-refractivity contribution in [1.29, 1.82) is 0 Å². The van der Waals surface area contributed by atoms with E-state index in [1.54, 1.807) is 6.33 Å². The molecule has 172 valence electrons. The van der Waals surface area contributed by atoms with Gasteiger partial charge in [0.25, 0.3) is 0 Å². The Balaban J connectivity index is 1.31. The molecule has 0 radical (unpaired) electrons. The predicted octanol–water partition coefficient (Wildman–Crippen LogP) is 3.12. The summed E-state index contributed by atoms with van der Waals surface area (Å²) in [6.45, 7) is 9.41. The van der Waals surface area contributed by atoms with Crippen molar-refractivity contribution in [2.24, 2.45) is 0 Å². The third kappa shape index (κ3) is 4.57. The lowest BCUT2D eigenvalue weighted by molar-refractivity contribution is -0.127. The second-order valence-corrected chi connectivity index (χ2v) is 8.97. The molecule has 1 amide bonds. The molecule has 2 saturated heterocycles. The van der Waals surface area contributed by atoms with E-state index in [1.165, 1.54) is 11.8 Å². The predicted molar refractivity (Wildman–Crippen MR) is 131 cm³/mol. The third-order valence-electron chi connectivity index (χ3n) is 6.77. The van der Waals surface area contributed by atoms with Crippen molar-refractivity contribution in [3.05, 3.63) is 61.1 Å². The number of amides is 1. The van der Waals surface area contributed by atoms with Crippen molar-refractivity contribution in [3.63, 3.8) is 0 Å². The summed E-state index contributed by atoms with van der Waals surface area (Å²) in [5.41, 5.74) is 4.26. The van der Waals surface area contributed by atoms with Gasteiger partial charge in [-0.2, -0.15) is 4.98 Å². The molecule has 1 N–H and O–H groups in total. The van der Waals surface area contributed by atoms with Gasteiger partial charge >= 0.3 is 0 Å². The van der Waals surface area contributed by atoms with Gasteiger partial charge in [-0.25, -0.2) is 4.98 Å². The van der Waals surface area contributed by atoms with Crippen molar-refractivity contribution < 1.29 is 4.79 Å². The summed E-state index contributed by atoms with van der Waals surface area (Å²) in [7, 11) is 2.17. The number of anilines is 3. The monoisotopic (exact) mass is 445 g/mol. The molecule has 0 spiro atoms. The summed E-state index contributed by atoms with van der Waals surface area (Å²) in [6, 6.07) is 10.6. The van der Waals surface area contributed by atoms with E-state index < -0.39 is 0 Å². The van der Waals surface area contributed by atoms with E-state index in [2.05, 4.69) is 64.1 Å². The van der Waals surface area contributed by atoms with E-state index >= 15 is 0 Å². The highest BCUT2D eigenvalue weighted by Crippen LogP contribution is 2.30. The number of hydrogen-bond donors (Lipinski definition) is 1. The van der Waals surface area contributed by atoms with E-state index in [0.29, 0.717) is 12.5 Å². The van der Waals surface area contributed by atoms with Crippen LogP contribution in [0.1, 0.15) is 24.3 Å². The highest BCUT2D eigenvalue weighted by atomic mass is 16.2. The van der Waals surface area contributed by atoms with Crippen LogP contribution in [-0.2, 0) is 4.79 Å². The van der Waals surface area contributed by atoms with E-state index in [0.717, 1.165) is 62.5 Å². The third-order valence-corrected chi connectivity index (χ3v) is 6.77. The molecule has 1 aromatic carbocycles. The van der Waals surface area contributed by atoms with Crippen LogP contribution >= 0.6 is 0 Å². The lowest BCUT2D eigenvalue weighted by Crippen LogP contribution is -2.44. The number of piperidine rings is 1. The van der Waals surface area contributed by atoms with Gasteiger partial charge in [0.2, 0.25) is 11.9 Å². The number of rotatable bonds is 5. The molecule has 5 rings (SSSR count). The van der Waals surface area contributed by atoms with Gasteiger partial charge in [0.05, 0.1) is 0 Å². The molecule has 0 saturated carbocycles. The quantitative estimate of drug-likeness (QED) is 0.609. The van der Waals surface area contributed by atoms with E-state index in [9.17, 15) is 4.79 Å². The Morgan fingerprint density at radius 2 is 1.91 bits per heavy atom. The second-order valence-electron chi connectivity index (χ2n) is 8.97. The number of aromatic nitrogens is 3. The maximum atomic E-state index is 12.1. The Bertz CT molecular complexity index is 1130. The molecule has 0 bridgehead atoms. The lowest BCUT2D eigenvalue weighted by Gasteiger charge is -2.34. The Kier molecular flexibility index (Phi) is 6.00. The summed E-state index contributed by atoms with van der Waals surface area (Å²) in [6.07, 6.45) is 7.22. The largest absolute Gasteiger partial charge is 0.369 e. The molecule has 33 heavy (non-hydrogen) atoms. The van der Waals surface area contributed by atoms with Gasteiger partial charge in [-0.15, -0.1) is 0 Å². The Morgan fingerprint density at radius 1 is 1.12 bits per heavy atom. The number of benzene rings is 1. The fourth-order valence-electron chi connectivity index (χ4n) is 4.80. The fourth-order valence-corrected chi connectivity index (χ4v) is 4.80. The number of nitrogens with zero attached hydrogens (tertiary/aromatic N) is 6. The summed E-state index contributed by atoms with van der Waals surface area (Å²) in [5.74, 6) is 0.836. The molecular weight excluding hydrogens is 414 g/mol. The van der Waals surface area contributed by atoms with E-state index in [-0.39, 0.29) is 11.8 Å². The van der Waals surface area contributed by atoms with Crippen LogP contribution in [0.5, 0.6) is 0 Å². The first-order chi connectivity index (χ1) is 16.1. The number of likely N-dealkylation sites (tertiary alicyclic amines) is 1. The topological polar surface area (TPSA) is 69.0 Å². The number of carbonyl (C=O) groups excluding carboxylic acids is 1. The van der Waals surface area contributed by atoms with Crippen LogP contribution in [0.3, 0.4) is 0 Å². The van der Waals surface area contributed by atoms with Crippen LogP contribution < -0.4 is 10.2 Å². The van der Waals surface area contributed by atoms with Gasteiger partial charge in [-0.05, 0) is 56.3 Å². The highest BCUT2D eigenvalue weighted by molar-refractivity contribution is 5.87. The van der Waals surface area contributed by atoms with Crippen LogP contribution in [0, 0.1) is 0 Å². The van der Waals surface area contributed by atoms with E-state index in [4.69, 9.17) is 4.98 Å². The molecule has 2 aliphatic rings. The van der Waals surface area contributed by atoms with Crippen LogP contribution in [0.25, 0.3) is 5.65 Å². The number of likely N-dealkylation sites (N-methyl/N-ethyl adjacent to an activating group) is 1. The summed E-state index contributed by atoms with van der Waals surface area (Å²) >= 11 is 0. The SMILES string of the molecule is C=CC(=O)N1CCCC(c2ccn3cnc(Nc4ccc(N5CCN(C)CC5)cc4)nc23)C1. The van der Waals surface area contributed by atoms with Crippen LogP contribution in [0.2, 0.25) is 0 Å².